The lowest BCUT2D eigenvalue weighted by Gasteiger charge is -2.34. The van der Waals surface area contributed by atoms with Gasteiger partial charge in [-0.15, -0.1) is 11.3 Å². The van der Waals surface area contributed by atoms with Crippen molar-refractivity contribution in [1.29, 1.82) is 0 Å². The highest BCUT2D eigenvalue weighted by molar-refractivity contribution is 7.10. The number of amides is 1. The van der Waals surface area contributed by atoms with Crippen LogP contribution < -0.4 is 5.32 Å². The third kappa shape index (κ3) is 2.91. The molecule has 0 bridgehead atoms. The molecule has 2 rings (SSSR count). The Hall–Kier alpha value is -0.870. The van der Waals surface area contributed by atoms with Crippen molar-refractivity contribution in [2.75, 3.05) is 0 Å². The Bertz CT molecular complexity index is 430. The van der Waals surface area contributed by atoms with E-state index in [9.17, 15) is 4.79 Å². The maximum atomic E-state index is 12.8. The van der Waals surface area contributed by atoms with Gasteiger partial charge in [0.1, 0.15) is 6.17 Å². The van der Waals surface area contributed by atoms with Gasteiger partial charge < -0.3 is 4.90 Å². The Kier molecular flexibility index (Phi) is 5.22. The molecule has 2 heterocycles. The fraction of sp³-hybridized carbons (Fsp3) is 0.688. The van der Waals surface area contributed by atoms with Crippen LogP contribution in [0.2, 0.25) is 0 Å². The lowest BCUT2D eigenvalue weighted by molar-refractivity contribution is -0.133. The minimum atomic E-state index is -0.0140. The summed E-state index contributed by atoms with van der Waals surface area (Å²) in [4.78, 5) is 16.1. The molecular formula is C16H26N2OS. The van der Waals surface area contributed by atoms with Gasteiger partial charge in [0.2, 0.25) is 5.91 Å². The predicted octanol–water partition coefficient (Wildman–Crippen LogP) is 3.78. The number of hydrogen-bond acceptors (Lipinski definition) is 3. The molecule has 1 N–H and O–H groups in total. The first-order valence-electron chi connectivity index (χ1n) is 7.71. The van der Waals surface area contributed by atoms with Crippen LogP contribution in [0.3, 0.4) is 0 Å². The van der Waals surface area contributed by atoms with Crippen molar-refractivity contribution in [3.05, 3.63) is 22.4 Å². The molecule has 1 aromatic rings. The van der Waals surface area contributed by atoms with Crippen molar-refractivity contribution in [2.24, 2.45) is 5.92 Å². The molecule has 3 unspecified atom stereocenters. The summed E-state index contributed by atoms with van der Waals surface area (Å²) in [5.74, 6) is 0.763. The van der Waals surface area contributed by atoms with E-state index in [2.05, 4.69) is 55.4 Å². The lowest BCUT2D eigenvalue weighted by atomic mass is 9.99. The van der Waals surface area contributed by atoms with Crippen LogP contribution in [0, 0.1) is 5.92 Å². The second kappa shape index (κ2) is 6.72. The first-order valence-corrected chi connectivity index (χ1v) is 8.59. The van der Waals surface area contributed by atoms with Gasteiger partial charge in [0.25, 0.3) is 0 Å². The van der Waals surface area contributed by atoms with Gasteiger partial charge in [-0.2, -0.15) is 0 Å². The van der Waals surface area contributed by atoms with Gasteiger partial charge in [0.05, 0.1) is 6.04 Å². The van der Waals surface area contributed by atoms with E-state index in [0.29, 0.717) is 12.0 Å². The van der Waals surface area contributed by atoms with Gasteiger partial charge >= 0.3 is 0 Å². The number of carbonyl (C=O) groups is 1. The number of hydrogen-bond donors (Lipinski definition) is 1. The predicted molar refractivity (Wildman–Crippen MR) is 84.7 cm³/mol. The molecule has 1 aromatic heterocycles. The van der Waals surface area contributed by atoms with E-state index in [4.69, 9.17) is 0 Å². The van der Waals surface area contributed by atoms with E-state index in [1.165, 1.54) is 4.88 Å². The molecule has 0 aromatic carbocycles. The Morgan fingerprint density at radius 1 is 1.40 bits per heavy atom. The van der Waals surface area contributed by atoms with Crippen molar-refractivity contribution in [1.82, 2.24) is 10.2 Å². The first-order chi connectivity index (χ1) is 9.60. The number of thiophene rings is 1. The molecule has 20 heavy (non-hydrogen) atoms. The first kappa shape index (κ1) is 15.5. The van der Waals surface area contributed by atoms with Gasteiger partial charge in [0, 0.05) is 10.9 Å². The Balaban J connectivity index is 2.29. The van der Waals surface area contributed by atoms with Crippen LogP contribution in [-0.4, -0.2) is 22.9 Å². The quantitative estimate of drug-likeness (QED) is 0.866. The second-order valence-corrected chi connectivity index (χ2v) is 6.87. The zero-order valence-corrected chi connectivity index (χ0v) is 13.7. The monoisotopic (exact) mass is 294 g/mol. The maximum absolute atomic E-state index is 12.8. The van der Waals surface area contributed by atoms with Gasteiger partial charge in [-0.25, -0.2) is 0 Å². The number of nitrogens with one attached hydrogen (secondary N) is 1. The van der Waals surface area contributed by atoms with Crippen molar-refractivity contribution < 1.29 is 4.79 Å². The normalized spacial score (nSPS) is 24.6. The second-order valence-electron chi connectivity index (χ2n) is 5.89. The maximum Gasteiger partial charge on any atom is 0.241 e. The van der Waals surface area contributed by atoms with E-state index >= 15 is 0 Å². The Labute approximate surface area is 126 Å². The smallest absolute Gasteiger partial charge is 0.241 e. The molecule has 1 aliphatic rings. The van der Waals surface area contributed by atoms with Crippen molar-refractivity contribution in [2.45, 2.75) is 65.2 Å². The average Bonchev–Trinajstić information content (AvgIpc) is 3.02. The molecule has 1 saturated heterocycles. The highest BCUT2D eigenvalue weighted by atomic mass is 32.1. The minimum Gasteiger partial charge on any atom is -0.317 e. The zero-order chi connectivity index (χ0) is 14.7. The average molecular weight is 294 g/mol. The summed E-state index contributed by atoms with van der Waals surface area (Å²) in [6.45, 7) is 8.73. The number of carbonyl (C=O) groups excluding carboxylic acids is 1. The molecule has 0 spiro atoms. The van der Waals surface area contributed by atoms with Crippen molar-refractivity contribution in [3.8, 4) is 0 Å². The van der Waals surface area contributed by atoms with Crippen molar-refractivity contribution in [3.63, 3.8) is 0 Å². The number of rotatable bonds is 6. The highest BCUT2D eigenvalue weighted by Crippen LogP contribution is 2.34. The third-order valence-corrected chi connectivity index (χ3v) is 5.05. The van der Waals surface area contributed by atoms with E-state index in [0.717, 1.165) is 19.3 Å². The molecule has 3 atom stereocenters. The van der Waals surface area contributed by atoms with Gasteiger partial charge in [0.15, 0.2) is 0 Å². The Morgan fingerprint density at radius 2 is 2.15 bits per heavy atom. The van der Waals surface area contributed by atoms with Gasteiger partial charge in [-0.05, 0) is 30.2 Å². The summed E-state index contributed by atoms with van der Waals surface area (Å²) in [6.07, 6.45) is 3.02. The molecule has 1 fully saturated rings. The van der Waals surface area contributed by atoms with E-state index in [1.807, 2.05) is 0 Å². The minimum absolute atomic E-state index is 0.0140. The number of nitrogens with zero attached hydrogens (tertiary/aromatic N) is 1. The van der Waals surface area contributed by atoms with Crippen LogP contribution >= 0.6 is 11.3 Å². The molecule has 0 aliphatic carbocycles. The van der Waals surface area contributed by atoms with Crippen LogP contribution in [-0.2, 0) is 4.79 Å². The van der Waals surface area contributed by atoms with E-state index in [1.54, 1.807) is 11.3 Å². The summed E-state index contributed by atoms with van der Waals surface area (Å²) >= 11 is 1.73. The van der Waals surface area contributed by atoms with E-state index in [-0.39, 0.29) is 18.1 Å². The van der Waals surface area contributed by atoms with Crippen LogP contribution in [0.25, 0.3) is 0 Å². The standard InChI is InChI=1S/C16H26N2OS/c1-5-8-12-16(19)18(13(6-2)11(3)4)15(17-12)14-9-7-10-20-14/h7,9-13,15,17H,5-6,8H2,1-4H3. The third-order valence-electron chi connectivity index (χ3n) is 4.12. The van der Waals surface area contributed by atoms with Gasteiger partial charge in [-0.1, -0.05) is 40.2 Å². The fourth-order valence-electron chi connectivity index (χ4n) is 3.16. The topological polar surface area (TPSA) is 32.3 Å². The lowest BCUT2D eigenvalue weighted by Crippen LogP contribution is -2.42. The summed E-state index contributed by atoms with van der Waals surface area (Å²) < 4.78 is 0. The van der Waals surface area contributed by atoms with Crippen LogP contribution in [0.15, 0.2) is 17.5 Å². The molecule has 0 saturated carbocycles. The van der Waals surface area contributed by atoms with Crippen LogP contribution in [0.5, 0.6) is 0 Å². The fourth-order valence-corrected chi connectivity index (χ4v) is 3.94. The zero-order valence-electron chi connectivity index (χ0n) is 12.9. The molecule has 3 nitrogen and oxygen atoms in total. The summed E-state index contributed by atoms with van der Waals surface area (Å²) in [5.41, 5.74) is 0. The molecular weight excluding hydrogens is 268 g/mol. The molecule has 112 valence electrons. The summed E-state index contributed by atoms with van der Waals surface area (Å²) in [7, 11) is 0. The molecule has 1 aliphatic heterocycles. The van der Waals surface area contributed by atoms with Gasteiger partial charge in [-0.3, -0.25) is 10.1 Å². The molecule has 4 heteroatoms. The van der Waals surface area contributed by atoms with E-state index < -0.39 is 0 Å². The highest BCUT2D eigenvalue weighted by Gasteiger charge is 2.43. The van der Waals surface area contributed by atoms with Crippen LogP contribution in [0.4, 0.5) is 0 Å². The largest absolute Gasteiger partial charge is 0.317 e. The SMILES string of the molecule is CCCC1NC(c2cccs2)N(C(CC)C(C)C)C1=O. The van der Waals surface area contributed by atoms with Crippen LogP contribution in [0.1, 0.15) is 58.0 Å². The summed E-state index contributed by atoms with van der Waals surface area (Å²) in [6, 6.07) is 4.49. The molecule has 1 amide bonds. The Morgan fingerprint density at radius 3 is 2.65 bits per heavy atom. The van der Waals surface area contributed by atoms with Crippen molar-refractivity contribution >= 4 is 17.2 Å². The molecule has 0 radical (unpaired) electrons. The summed E-state index contributed by atoms with van der Waals surface area (Å²) in [5, 5.41) is 5.64.